The summed E-state index contributed by atoms with van der Waals surface area (Å²) in [7, 11) is 0. The van der Waals surface area contributed by atoms with Gasteiger partial charge in [0.15, 0.2) is 6.61 Å². The molecule has 0 heterocycles. The van der Waals surface area contributed by atoms with Gasteiger partial charge in [-0.2, -0.15) is 0 Å². The van der Waals surface area contributed by atoms with E-state index in [1.807, 2.05) is 0 Å². The Hall–Kier alpha value is -2.64. The molecule has 0 atom stereocenters. The molecule has 0 unspecified atom stereocenters. The van der Waals surface area contributed by atoms with Crippen molar-refractivity contribution >= 4 is 17.6 Å². The van der Waals surface area contributed by atoms with Crippen LogP contribution < -0.4 is 0 Å². The number of amides is 1. The normalized spacial score (nSPS) is 10.0. The van der Waals surface area contributed by atoms with Crippen LogP contribution >= 0.6 is 0 Å². The van der Waals surface area contributed by atoms with Crippen LogP contribution in [0.1, 0.15) is 24.2 Å². The quantitative estimate of drug-likeness (QED) is 0.481. The number of ether oxygens (including phenoxy) is 1. The van der Waals surface area contributed by atoms with Gasteiger partial charge in [0.25, 0.3) is 11.6 Å². The Morgan fingerprint density at radius 3 is 2.48 bits per heavy atom. The van der Waals surface area contributed by atoms with E-state index in [9.17, 15) is 24.8 Å². The zero-order chi connectivity index (χ0) is 16.0. The molecule has 1 aromatic carbocycles. The Bertz CT molecular complexity index is 554. The Labute approximate surface area is 121 Å². The maximum atomic E-state index is 11.8. The number of benzene rings is 1. The monoisotopic (exact) mass is 296 g/mol. The Morgan fingerprint density at radius 2 is 1.95 bits per heavy atom. The number of nitro groups is 1. The third kappa shape index (κ3) is 4.16. The first-order valence-electron chi connectivity index (χ1n) is 6.33. The number of hydrogen-bond donors (Lipinski definition) is 1. The van der Waals surface area contributed by atoms with Crippen LogP contribution in [0.15, 0.2) is 18.2 Å². The highest BCUT2D eigenvalue weighted by molar-refractivity contribution is 5.94. The van der Waals surface area contributed by atoms with Crippen molar-refractivity contribution < 1.29 is 24.4 Å². The number of esters is 1. The molecule has 114 valence electrons. The minimum atomic E-state index is -0.989. The highest BCUT2D eigenvalue weighted by Crippen LogP contribution is 2.23. The smallest absolute Gasteiger partial charge is 0.342 e. The molecule has 0 aliphatic carbocycles. The SMILES string of the molecule is CCN(CC)C(=O)COC(=O)c1cc([N+](=O)[O-])ccc1O. The van der Waals surface area contributed by atoms with Crippen molar-refractivity contribution in [2.24, 2.45) is 0 Å². The molecule has 0 spiro atoms. The summed E-state index contributed by atoms with van der Waals surface area (Å²) < 4.78 is 4.78. The zero-order valence-corrected chi connectivity index (χ0v) is 11.7. The number of carbonyl (C=O) groups is 2. The lowest BCUT2D eigenvalue weighted by Gasteiger charge is -2.18. The Morgan fingerprint density at radius 1 is 1.33 bits per heavy atom. The number of carbonyl (C=O) groups excluding carboxylic acids is 2. The molecule has 8 nitrogen and oxygen atoms in total. The van der Waals surface area contributed by atoms with E-state index in [0.717, 1.165) is 18.2 Å². The van der Waals surface area contributed by atoms with E-state index in [2.05, 4.69) is 0 Å². The molecular weight excluding hydrogens is 280 g/mol. The molecule has 0 aliphatic rings. The van der Waals surface area contributed by atoms with Crippen LogP contribution in [-0.2, 0) is 9.53 Å². The molecule has 0 fully saturated rings. The topological polar surface area (TPSA) is 110 Å². The fourth-order valence-corrected chi connectivity index (χ4v) is 1.67. The van der Waals surface area contributed by atoms with Gasteiger partial charge in [-0.1, -0.05) is 0 Å². The van der Waals surface area contributed by atoms with Crippen molar-refractivity contribution in [3.05, 3.63) is 33.9 Å². The number of aromatic hydroxyl groups is 1. The van der Waals surface area contributed by atoms with Crippen LogP contribution in [0.4, 0.5) is 5.69 Å². The van der Waals surface area contributed by atoms with Crippen molar-refractivity contribution in [2.45, 2.75) is 13.8 Å². The molecule has 0 radical (unpaired) electrons. The molecule has 0 bridgehead atoms. The summed E-state index contributed by atoms with van der Waals surface area (Å²) in [5.41, 5.74) is -0.702. The molecule has 8 heteroatoms. The van der Waals surface area contributed by atoms with Gasteiger partial charge in [-0.05, 0) is 19.9 Å². The summed E-state index contributed by atoms with van der Waals surface area (Å²) in [6, 6.07) is 2.99. The number of non-ortho nitro benzene ring substituents is 1. The van der Waals surface area contributed by atoms with Crippen LogP contribution in [-0.4, -0.2) is 46.5 Å². The number of phenolic OH excluding ortho intramolecular Hbond substituents is 1. The highest BCUT2D eigenvalue weighted by Gasteiger charge is 2.19. The third-order valence-corrected chi connectivity index (χ3v) is 2.85. The molecular formula is C13H16N2O6. The summed E-state index contributed by atoms with van der Waals surface area (Å²) in [6.45, 7) is 4.05. The van der Waals surface area contributed by atoms with Crippen molar-refractivity contribution in [3.8, 4) is 5.75 Å². The average Bonchev–Trinajstić information content (AvgIpc) is 2.46. The predicted octanol–water partition coefficient (Wildman–Crippen LogP) is 1.33. The van der Waals surface area contributed by atoms with Gasteiger partial charge in [0.2, 0.25) is 0 Å². The number of nitrogens with zero attached hydrogens (tertiary/aromatic N) is 2. The molecule has 1 rings (SSSR count). The molecule has 0 aliphatic heterocycles. The second-order valence-electron chi connectivity index (χ2n) is 4.10. The molecule has 1 N–H and O–H groups in total. The summed E-state index contributed by atoms with van der Waals surface area (Å²) in [6.07, 6.45) is 0. The van der Waals surface area contributed by atoms with Gasteiger partial charge in [0.1, 0.15) is 11.3 Å². The van der Waals surface area contributed by atoms with Crippen molar-refractivity contribution in [3.63, 3.8) is 0 Å². The minimum Gasteiger partial charge on any atom is -0.507 e. The van der Waals surface area contributed by atoms with E-state index in [-0.39, 0.29) is 17.2 Å². The molecule has 1 amide bonds. The second-order valence-corrected chi connectivity index (χ2v) is 4.10. The van der Waals surface area contributed by atoms with Crippen molar-refractivity contribution in [1.82, 2.24) is 4.90 Å². The van der Waals surface area contributed by atoms with E-state index in [1.165, 1.54) is 4.90 Å². The zero-order valence-electron chi connectivity index (χ0n) is 11.7. The molecule has 1 aromatic rings. The molecule has 0 aromatic heterocycles. The van der Waals surface area contributed by atoms with Crippen LogP contribution in [0.5, 0.6) is 5.75 Å². The lowest BCUT2D eigenvalue weighted by Crippen LogP contribution is -2.34. The van der Waals surface area contributed by atoms with Gasteiger partial charge in [-0.25, -0.2) is 4.79 Å². The minimum absolute atomic E-state index is 0.350. The van der Waals surface area contributed by atoms with Gasteiger partial charge >= 0.3 is 5.97 Å². The third-order valence-electron chi connectivity index (χ3n) is 2.85. The molecule has 21 heavy (non-hydrogen) atoms. The number of phenols is 1. The van der Waals surface area contributed by atoms with Gasteiger partial charge in [0, 0.05) is 25.2 Å². The largest absolute Gasteiger partial charge is 0.507 e. The van der Waals surface area contributed by atoms with Gasteiger partial charge in [-0.15, -0.1) is 0 Å². The second kappa shape index (κ2) is 7.22. The summed E-state index contributed by atoms with van der Waals surface area (Å²) >= 11 is 0. The van der Waals surface area contributed by atoms with Gasteiger partial charge < -0.3 is 14.7 Å². The summed E-state index contributed by atoms with van der Waals surface area (Å²) in [5.74, 6) is -1.81. The molecule has 0 saturated carbocycles. The fourth-order valence-electron chi connectivity index (χ4n) is 1.67. The Kier molecular flexibility index (Phi) is 5.65. The first kappa shape index (κ1) is 16.4. The van der Waals surface area contributed by atoms with Gasteiger partial charge in [-0.3, -0.25) is 14.9 Å². The van der Waals surface area contributed by atoms with Crippen LogP contribution in [0.2, 0.25) is 0 Å². The lowest BCUT2D eigenvalue weighted by atomic mass is 10.2. The number of likely N-dealkylation sites (N-methyl/N-ethyl adjacent to an activating group) is 1. The molecule has 0 saturated heterocycles. The Balaban J connectivity index is 2.78. The van der Waals surface area contributed by atoms with E-state index in [0.29, 0.717) is 13.1 Å². The van der Waals surface area contributed by atoms with Crippen LogP contribution in [0, 0.1) is 10.1 Å². The summed E-state index contributed by atoms with van der Waals surface area (Å²) in [5, 5.41) is 20.2. The number of nitro benzene ring substituents is 1. The number of hydrogen-bond acceptors (Lipinski definition) is 6. The van der Waals surface area contributed by atoms with E-state index in [1.54, 1.807) is 13.8 Å². The first-order valence-corrected chi connectivity index (χ1v) is 6.33. The lowest BCUT2D eigenvalue weighted by molar-refractivity contribution is -0.384. The van der Waals surface area contributed by atoms with E-state index in [4.69, 9.17) is 4.74 Å². The summed E-state index contributed by atoms with van der Waals surface area (Å²) in [4.78, 5) is 34.9. The maximum Gasteiger partial charge on any atom is 0.342 e. The van der Waals surface area contributed by atoms with Crippen LogP contribution in [0.3, 0.4) is 0 Å². The standard InChI is InChI=1S/C13H16N2O6/c1-3-14(4-2)12(17)8-21-13(18)10-7-9(15(19)20)5-6-11(10)16/h5-7,16H,3-4,8H2,1-2H3. The fraction of sp³-hybridized carbons (Fsp3) is 0.385. The maximum absolute atomic E-state index is 11.8. The van der Waals surface area contributed by atoms with Crippen LogP contribution in [0.25, 0.3) is 0 Å². The van der Waals surface area contributed by atoms with Crippen molar-refractivity contribution in [2.75, 3.05) is 19.7 Å². The van der Waals surface area contributed by atoms with E-state index >= 15 is 0 Å². The predicted molar refractivity (Wildman–Crippen MR) is 73.0 cm³/mol. The van der Waals surface area contributed by atoms with E-state index < -0.39 is 23.2 Å². The highest BCUT2D eigenvalue weighted by atomic mass is 16.6. The van der Waals surface area contributed by atoms with Crippen molar-refractivity contribution in [1.29, 1.82) is 0 Å². The first-order chi connectivity index (χ1) is 9.90. The number of rotatable bonds is 6. The average molecular weight is 296 g/mol. The van der Waals surface area contributed by atoms with Gasteiger partial charge in [0.05, 0.1) is 4.92 Å².